The van der Waals surface area contributed by atoms with E-state index >= 15 is 0 Å². The summed E-state index contributed by atoms with van der Waals surface area (Å²) in [5.74, 6) is 0. The summed E-state index contributed by atoms with van der Waals surface area (Å²) in [4.78, 5) is 3.28. The van der Waals surface area contributed by atoms with Crippen molar-refractivity contribution in [3.8, 4) is 0 Å². The molecule has 0 aliphatic carbocycles. The van der Waals surface area contributed by atoms with E-state index in [0.717, 1.165) is 5.56 Å². The van der Waals surface area contributed by atoms with Crippen LogP contribution in [0.25, 0.3) is 4.85 Å². The summed E-state index contributed by atoms with van der Waals surface area (Å²) < 4.78 is 0. The summed E-state index contributed by atoms with van der Waals surface area (Å²) in [7, 11) is 0. The molecule has 11 heavy (non-hydrogen) atoms. The SMILES string of the molecule is [C-]#[N+][C@H](CO)c1ccccc1. The quantitative estimate of drug-likeness (QED) is 0.632. The lowest BCUT2D eigenvalue weighted by atomic mass is 10.1. The van der Waals surface area contributed by atoms with E-state index in [9.17, 15) is 0 Å². The number of nitrogens with zero attached hydrogens (tertiary/aromatic N) is 1. The third-order valence-electron chi connectivity index (χ3n) is 1.51. The van der Waals surface area contributed by atoms with Crippen LogP contribution in [0.1, 0.15) is 11.6 Å². The third kappa shape index (κ3) is 1.79. The van der Waals surface area contributed by atoms with E-state index in [1.54, 1.807) is 0 Å². The van der Waals surface area contributed by atoms with Crippen molar-refractivity contribution in [2.24, 2.45) is 0 Å². The van der Waals surface area contributed by atoms with Gasteiger partial charge in [-0.2, -0.15) is 0 Å². The maximum Gasteiger partial charge on any atom is 0.271 e. The van der Waals surface area contributed by atoms with Gasteiger partial charge in [-0.15, -0.1) is 0 Å². The van der Waals surface area contributed by atoms with Crippen LogP contribution in [0, 0.1) is 6.57 Å². The lowest BCUT2D eigenvalue weighted by Crippen LogP contribution is -1.97. The second kappa shape index (κ2) is 3.75. The zero-order chi connectivity index (χ0) is 8.10. The first-order valence-electron chi connectivity index (χ1n) is 3.41. The van der Waals surface area contributed by atoms with E-state index in [-0.39, 0.29) is 6.61 Å². The number of benzene rings is 1. The van der Waals surface area contributed by atoms with Gasteiger partial charge in [-0.3, -0.25) is 0 Å². The Morgan fingerprint density at radius 3 is 2.45 bits per heavy atom. The number of rotatable bonds is 2. The summed E-state index contributed by atoms with van der Waals surface area (Å²) in [6.07, 6.45) is 0. The summed E-state index contributed by atoms with van der Waals surface area (Å²) in [6.45, 7) is 6.66. The molecule has 0 spiro atoms. The topological polar surface area (TPSA) is 24.6 Å². The largest absolute Gasteiger partial charge is 0.388 e. The molecule has 1 N–H and O–H groups in total. The van der Waals surface area contributed by atoms with Gasteiger partial charge >= 0.3 is 0 Å². The molecule has 0 amide bonds. The second-order valence-electron chi connectivity index (χ2n) is 2.24. The molecule has 1 aromatic carbocycles. The van der Waals surface area contributed by atoms with Crippen molar-refractivity contribution >= 4 is 0 Å². The van der Waals surface area contributed by atoms with Gasteiger partial charge < -0.3 is 9.95 Å². The molecule has 0 fully saturated rings. The van der Waals surface area contributed by atoms with Gasteiger partial charge in [0.05, 0.1) is 0 Å². The smallest absolute Gasteiger partial charge is 0.271 e. The molecule has 0 heterocycles. The minimum absolute atomic E-state index is 0.104. The number of aliphatic hydroxyl groups excluding tert-OH is 1. The summed E-state index contributed by atoms with van der Waals surface area (Å²) >= 11 is 0. The Hall–Kier alpha value is -1.33. The highest BCUT2D eigenvalue weighted by Crippen LogP contribution is 2.15. The molecular weight excluding hydrogens is 138 g/mol. The molecule has 2 nitrogen and oxygen atoms in total. The Kier molecular flexibility index (Phi) is 2.65. The van der Waals surface area contributed by atoms with Crippen LogP contribution in [-0.2, 0) is 0 Å². The van der Waals surface area contributed by atoms with Gasteiger partial charge in [-0.1, -0.05) is 30.3 Å². The van der Waals surface area contributed by atoms with Crippen molar-refractivity contribution in [2.75, 3.05) is 6.61 Å². The minimum atomic E-state index is -0.392. The maximum absolute atomic E-state index is 8.77. The van der Waals surface area contributed by atoms with Gasteiger partial charge in [0.25, 0.3) is 6.04 Å². The van der Waals surface area contributed by atoms with Crippen molar-refractivity contribution in [2.45, 2.75) is 6.04 Å². The minimum Gasteiger partial charge on any atom is -0.388 e. The summed E-state index contributed by atoms with van der Waals surface area (Å²) in [5.41, 5.74) is 0.880. The molecule has 0 saturated carbocycles. The van der Waals surface area contributed by atoms with Crippen LogP contribution in [0.3, 0.4) is 0 Å². The Morgan fingerprint density at radius 2 is 2.00 bits per heavy atom. The Morgan fingerprint density at radius 1 is 1.36 bits per heavy atom. The van der Waals surface area contributed by atoms with Crippen molar-refractivity contribution in [1.29, 1.82) is 0 Å². The van der Waals surface area contributed by atoms with E-state index < -0.39 is 6.04 Å². The monoisotopic (exact) mass is 147 g/mol. The number of hydrogen-bond acceptors (Lipinski definition) is 1. The van der Waals surface area contributed by atoms with Crippen molar-refractivity contribution < 1.29 is 5.11 Å². The van der Waals surface area contributed by atoms with Gasteiger partial charge in [0, 0.05) is 5.56 Å². The Balaban J connectivity index is 2.85. The lowest BCUT2D eigenvalue weighted by molar-refractivity contribution is 0.282. The molecule has 56 valence electrons. The van der Waals surface area contributed by atoms with Crippen molar-refractivity contribution in [1.82, 2.24) is 0 Å². The molecule has 1 rings (SSSR count). The van der Waals surface area contributed by atoms with Gasteiger partial charge in [0.15, 0.2) is 0 Å². The van der Waals surface area contributed by atoms with Gasteiger partial charge in [-0.05, 0) is 0 Å². The van der Waals surface area contributed by atoms with E-state index in [1.807, 2.05) is 30.3 Å². The van der Waals surface area contributed by atoms with E-state index in [2.05, 4.69) is 4.85 Å². The lowest BCUT2D eigenvalue weighted by Gasteiger charge is -1.99. The molecule has 0 radical (unpaired) electrons. The fraction of sp³-hybridized carbons (Fsp3) is 0.222. The predicted molar refractivity (Wildman–Crippen MR) is 42.9 cm³/mol. The van der Waals surface area contributed by atoms with E-state index in [0.29, 0.717) is 0 Å². The fourth-order valence-electron chi connectivity index (χ4n) is 0.896. The third-order valence-corrected chi connectivity index (χ3v) is 1.51. The normalized spacial score (nSPS) is 12.0. The maximum atomic E-state index is 8.77. The molecule has 0 aliphatic heterocycles. The van der Waals surface area contributed by atoms with Crippen molar-refractivity contribution in [3.05, 3.63) is 47.3 Å². The number of hydrogen-bond donors (Lipinski definition) is 1. The molecule has 0 aromatic heterocycles. The first-order chi connectivity index (χ1) is 5.38. The Bertz CT molecular complexity index is 250. The summed E-state index contributed by atoms with van der Waals surface area (Å²) in [6, 6.07) is 8.92. The highest BCUT2D eigenvalue weighted by molar-refractivity contribution is 5.21. The van der Waals surface area contributed by atoms with Gasteiger partial charge in [-0.25, -0.2) is 6.57 Å². The van der Waals surface area contributed by atoms with Crippen LogP contribution in [0.15, 0.2) is 30.3 Å². The van der Waals surface area contributed by atoms with E-state index in [1.165, 1.54) is 0 Å². The van der Waals surface area contributed by atoms with Gasteiger partial charge in [0.2, 0.25) is 0 Å². The second-order valence-corrected chi connectivity index (χ2v) is 2.24. The zero-order valence-electron chi connectivity index (χ0n) is 6.07. The molecule has 0 aliphatic rings. The zero-order valence-corrected chi connectivity index (χ0v) is 6.07. The molecule has 0 bridgehead atoms. The molecule has 0 saturated heterocycles. The first kappa shape index (κ1) is 7.77. The molecule has 0 unspecified atom stereocenters. The standard InChI is InChI=1S/C9H9NO/c1-10-9(7-11)8-5-3-2-4-6-8/h2-6,9,11H,7H2/t9-/m1/s1. The first-order valence-corrected chi connectivity index (χ1v) is 3.41. The van der Waals surface area contributed by atoms with Crippen LogP contribution in [0.2, 0.25) is 0 Å². The van der Waals surface area contributed by atoms with Crippen LogP contribution in [0.4, 0.5) is 0 Å². The molecule has 1 aromatic rings. The average molecular weight is 147 g/mol. The van der Waals surface area contributed by atoms with Crippen LogP contribution in [-0.4, -0.2) is 11.7 Å². The average Bonchev–Trinajstić information content (AvgIpc) is 2.09. The van der Waals surface area contributed by atoms with Crippen LogP contribution < -0.4 is 0 Å². The van der Waals surface area contributed by atoms with Crippen LogP contribution in [0.5, 0.6) is 0 Å². The highest BCUT2D eigenvalue weighted by atomic mass is 16.3. The highest BCUT2D eigenvalue weighted by Gasteiger charge is 2.11. The van der Waals surface area contributed by atoms with Gasteiger partial charge in [0.1, 0.15) is 6.61 Å². The Labute approximate surface area is 65.9 Å². The molecule has 1 atom stereocenters. The fourth-order valence-corrected chi connectivity index (χ4v) is 0.896. The van der Waals surface area contributed by atoms with E-state index in [4.69, 9.17) is 11.7 Å². The molecule has 2 heteroatoms. The summed E-state index contributed by atoms with van der Waals surface area (Å²) in [5, 5.41) is 8.77. The predicted octanol–water partition coefficient (Wildman–Crippen LogP) is 1.64. The number of aliphatic hydroxyl groups is 1. The van der Waals surface area contributed by atoms with Crippen LogP contribution >= 0.6 is 0 Å². The molecular formula is C9H9NO. The van der Waals surface area contributed by atoms with Crippen molar-refractivity contribution in [3.63, 3.8) is 0 Å².